The summed E-state index contributed by atoms with van der Waals surface area (Å²) in [5.41, 5.74) is 10.2. The standard InChI is InChI=1S/C22H25N7O/c1-4-29-20(26-19-14-25-22(23)27-21(19)29)17-8-9-24-13-18(17)15-6-5-7-16(12-15)30-11-10-28(2)3/h5-9,12-14H,4,10-11H2,1-3H3,(H2,23,25,27). The van der Waals surface area contributed by atoms with Gasteiger partial charge in [0.25, 0.3) is 0 Å². The van der Waals surface area contributed by atoms with Gasteiger partial charge in [-0.25, -0.2) is 9.97 Å². The number of imidazole rings is 1. The summed E-state index contributed by atoms with van der Waals surface area (Å²) in [5.74, 6) is 1.87. The molecule has 0 aliphatic heterocycles. The van der Waals surface area contributed by atoms with Gasteiger partial charge < -0.3 is 19.9 Å². The first-order chi connectivity index (χ1) is 14.6. The Balaban J connectivity index is 1.77. The monoisotopic (exact) mass is 403 g/mol. The normalized spacial score (nSPS) is 11.3. The summed E-state index contributed by atoms with van der Waals surface area (Å²) >= 11 is 0. The number of rotatable bonds is 7. The van der Waals surface area contributed by atoms with Crippen LogP contribution in [0.2, 0.25) is 0 Å². The fourth-order valence-electron chi connectivity index (χ4n) is 3.36. The van der Waals surface area contributed by atoms with E-state index in [2.05, 4.69) is 32.8 Å². The molecule has 0 fully saturated rings. The molecule has 0 spiro atoms. The van der Waals surface area contributed by atoms with Crippen molar-refractivity contribution in [1.29, 1.82) is 0 Å². The number of benzene rings is 1. The van der Waals surface area contributed by atoms with Crippen LogP contribution in [-0.4, -0.2) is 56.6 Å². The second-order valence-corrected chi connectivity index (χ2v) is 7.22. The van der Waals surface area contributed by atoms with Crippen molar-refractivity contribution >= 4 is 17.1 Å². The third-order valence-electron chi connectivity index (χ3n) is 4.84. The smallest absolute Gasteiger partial charge is 0.222 e. The van der Waals surface area contributed by atoms with E-state index < -0.39 is 0 Å². The molecular weight excluding hydrogens is 378 g/mol. The van der Waals surface area contributed by atoms with E-state index >= 15 is 0 Å². The van der Waals surface area contributed by atoms with Crippen molar-refractivity contribution in [3.05, 3.63) is 48.9 Å². The molecule has 0 saturated heterocycles. The van der Waals surface area contributed by atoms with E-state index in [9.17, 15) is 0 Å². The zero-order valence-corrected chi connectivity index (χ0v) is 17.4. The Morgan fingerprint density at radius 3 is 2.77 bits per heavy atom. The third kappa shape index (κ3) is 3.95. The average Bonchev–Trinajstić information content (AvgIpc) is 3.11. The lowest BCUT2D eigenvalue weighted by Gasteiger charge is -2.13. The first kappa shape index (κ1) is 19.8. The van der Waals surface area contributed by atoms with E-state index in [4.69, 9.17) is 15.5 Å². The van der Waals surface area contributed by atoms with Gasteiger partial charge in [-0.2, -0.15) is 4.98 Å². The number of hydrogen-bond acceptors (Lipinski definition) is 7. The molecule has 8 heteroatoms. The van der Waals surface area contributed by atoms with Gasteiger partial charge in [-0.15, -0.1) is 0 Å². The number of ether oxygens (including phenoxy) is 1. The summed E-state index contributed by atoms with van der Waals surface area (Å²) in [6, 6.07) is 10.0. The van der Waals surface area contributed by atoms with Crippen LogP contribution in [0.4, 0.5) is 5.95 Å². The van der Waals surface area contributed by atoms with Gasteiger partial charge in [0.1, 0.15) is 23.7 Å². The minimum Gasteiger partial charge on any atom is -0.492 e. The van der Waals surface area contributed by atoms with Crippen LogP contribution in [0.25, 0.3) is 33.7 Å². The van der Waals surface area contributed by atoms with E-state index in [1.807, 2.05) is 49.1 Å². The van der Waals surface area contributed by atoms with Crippen molar-refractivity contribution < 1.29 is 4.74 Å². The molecule has 0 amide bonds. The van der Waals surface area contributed by atoms with Crippen LogP contribution < -0.4 is 10.5 Å². The molecule has 0 bridgehead atoms. The van der Waals surface area contributed by atoms with Crippen molar-refractivity contribution in [2.24, 2.45) is 0 Å². The van der Waals surface area contributed by atoms with Crippen LogP contribution in [-0.2, 0) is 6.54 Å². The Labute approximate surface area is 175 Å². The quantitative estimate of drug-likeness (QED) is 0.507. The fraction of sp³-hybridized carbons (Fsp3) is 0.273. The van der Waals surface area contributed by atoms with E-state index in [-0.39, 0.29) is 5.95 Å². The number of pyridine rings is 1. The van der Waals surface area contributed by atoms with Crippen molar-refractivity contribution in [3.8, 4) is 28.3 Å². The van der Waals surface area contributed by atoms with E-state index in [1.165, 1.54) is 0 Å². The molecule has 0 radical (unpaired) electrons. The summed E-state index contributed by atoms with van der Waals surface area (Å²) in [5, 5.41) is 0. The molecule has 3 heterocycles. The Hall–Kier alpha value is -3.52. The number of anilines is 1. The lowest BCUT2D eigenvalue weighted by Crippen LogP contribution is -2.19. The number of fused-ring (bicyclic) bond motifs is 1. The third-order valence-corrected chi connectivity index (χ3v) is 4.84. The molecular formula is C22H25N7O. The zero-order chi connectivity index (χ0) is 21.1. The predicted octanol–water partition coefficient (Wildman–Crippen LogP) is 3.10. The largest absolute Gasteiger partial charge is 0.492 e. The fourth-order valence-corrected chi connectivity index (χ4v) is 3.36. The van der Waals surface area contributed by atoms with Gasteiger partial charge in [-0.1, -0.05) is 12.1 Å². The highest BCUT2D eigenvalue weighted by atomic mass is 16.5. The van der Waals surface area contributed by atoms with Gasteiger partial charge >= 0.3 is 0 Å². The number of hydrogen-bond donors (Lipinski definition) is 1. The number of nitrogens with two attached hydrogens (primary N) is 1. The minimum atomic E-state index is 0.237. The molecule has 154 valence electrons. The molecule has 3 aromatic heterocycles. The number of nitrogens with zero attached hydrogens (tertiary/aromatic N) is 6. The van der Waals surface area contributed by atoms with Crippen LogP contribution in [0.3, 0.4) is 0 Å². The first-order valence-electron chi connectivity index (χ1n) is 9.88. The average molecular weight is 403 g/mol. The van der Waals surface area contributed by atoms with Crippen molar-refractivity contribution in [1.82, 2.24) is 29.4 Å². The maximum absolute atomic E-state index is 5.92. The Morgan fingerprint density at radius 2 is 1.97 bits per heavy atom. The van der Waals surface area contributed by atoms with Crippen molar-refractivity contribution in [3.63, 3.8) is 0 Å². The summed E-state index contributed by atoms with van der Waals surface area (Å²) < 4.78 is 7.96. The molecule has 0 unspecified atom stereocenters. The highest BCUT2D eigenvalue weighted by Gasteiger charge is 2.17. The molecule has 0 aliphatic rings. The van der Waals surface area contributed by atoms with Crippen LogP contribution in [0, 0.1) is 0 Å². The van der Waals surface area contributed by atoms with Crippen molar-refractivity contribution in [2.45, 2.75) is 13.5 Å². The predicted molar refractivity (Wildman–Crippen MR) is 118 cm³/mol. The lowest BCUT2D eigenvalue weighted by atomic mass is 10.0. The highest BCUT2D eigenvalue weighted by Crippen LogP contribution is 2.34. The van der Waals surface area contributed by atoms with Gasteiger partial charge in [-0.05, 0) is 44.8 Å². The van der Waals surface area contributed by atoms with Crippen LogP contribution >= 0.6 is 0 Å². The molecule has 0 atom stereocenters. The molecule has 0 saturated carbocycles. The molecule has 2 N–H and O–H groups in total. The lowest BCUT2D eigenvalue weighted by molar-refractivity contribution is 0.261. The summed E-state index contributed by atoms with van der Waals surface area (Å²) in [4.78, 5) is 19.7. The van der Waals surface area contributed by atoms with Gasteiger partial charge in [-0.3, -0.25) is 4.98 Å². The van der Waals surface area contributed by atoms with E-state index in [0.717, 1.165) is 40.5 Å². The maximum atomic E-state index is 5.92. The van der Waals surface area contributed by atoms with Gasteiger partial charge in [0, 0.05) is 36.6 Å². The number of likely N-dealkylation sites (N-methyl/N-ethyl adjacent to an activating group) is 1. The van der Waals surface area contributed by atoms with Crippen LogP contribution in [0.5, 0.6) is 5.75 Å². The number of nitrogen functional groups attached to an aromatic ring is 1. The number of aryl methyl sites for hydroxylation is 1. The molecule has 4 rings (SSSR count). The van der Waals surface area contributed by atoms with Crippen molar-refractivity contribution in [2.75, 3.05) is 33.0 Å². The van der Waals surface area contributed by atoms with Gasteiger partial charge in [0.15, 0.2) is 5.65 Å². The summed E-state index contributed by atoms with van der Waals surface area (Å²) in [6.45, 7) is 4.25. The Morgan fingerprint density at radius 1 is 1.10 bits per heavy atom. The summed E-state index contributed by atoms with van der Waals surface area (Å²) in [6.07, 6.45) is 5.29. The minimum absolute atomic E-state index is 0.237. The molecule has 30 heavy (non-hydrogen) atoms. The van der Waals surface area contributed by atoms with Crippen LogP contribution in [0.15, 0.2) is 48.9 Å². The maximum Gasteiger partial charge on any atom is 0.222 e. The molecule has 1 aromatic carbocycles. The highest BCUT2D eigenvalue weighted by molar-refractivity contribution is 5.85. The second kappa shape index (κ2) is 8.46. The summed E-state index contributed by atoms with van der Waals surface area (Å²) in [7, 11) is 4.05. The van der Waals surface area contributed by atoms with Gasteiger partial charge in [0.2, 0.25) is 5.95 Å². The number of aromatic nitrogens is 5. The zero-order valence-electron chi connectivity index (χ0n) is 17.4. The Kier molecular flexibility index (Phi) is 5.58. The first-order valence-corrected chi connectivity index (χ1v) is 9.88. The van der Waals surface area contributed by atoms with E-state index in [1.54, 1.807) is 12.4 Å². The second-order valence-electron chi connectivity index (χ2n) is 7.22. The molecule has 0 aliphatic carbocycles. The SMILES string of the molecule is CCn1c(-c2ccncc2-c2cccc(OCCN(C)C)c2)nc2cnc(N)nc21. The topological polar surface area (TPSA) is 95.0 Å². The van der Waals surface area contributed by atoms with Gasteiger partial charge in [0.05, 0.1) is 6.20 Å². The molecule has 4 aromatic rings. The molecule has 8 nitrogen and oxygen atoms in total. The Bertz CT molecular complexity index is 1170. The van der Waals surface area contributed by atoms with E-state index in [0.29, 0.717) is 18.7 Å². The van der Waals surface area contributed by atoms with Crippen LogP contribution in [0.1, 0.15) is 6.92 Å².